The zero-order chi connectivity index (χ0) is 21.2. The molecule has 0 radical (unpaired) electrons. The highest BCUT2D eigenvalue weighted by Crippen LogP contribution is 2.40. The van der Waals surface area contributed by atoms with Crippen LogP contribution in [0.5, 0.6) is 0 Å². The van der Waals surface area contributed by atoms with Crippen molar-refractivity contribution < 1.29 is 23.6 Å². The lowest BCUT2D eigenvalue weighted by atomic mass is 9.82. The molecular weight excluding hydrogens is 372 g/mol. The van der Waals surface area contributed by atoms with Gasteiger partial charge in [-0.25, -0.2) is 4.39 Å². The Morgan fingerprint density at radius 3 is 1.86 bits per heavy atom. The summed E-state index contributed by atoms with van der Waals surface area (Å²) in [7, 11) is -1.29. The molecule has 1 fully saturated rings. The minimum absolute atomic E-state index is 0.103. The Morgan fingerprint density at radius 1 is 0.931 bits per heavy atom. The Bertz CT molecular complexity index is 884. The van der Waals surface area contributed by atoms with Crippen LogP contribution >= 0.6 is 0 Å². The monoisotopic (exact) mass is 397 g/mol. The number of hydrogen-bond donors (Lipinski definition) is 2. The Kier molecular flexibility index (Phi) is 5.94. The van der Waals surface area contributed by atoms with Crippen molar-refractivity contribution in [3.63, 3.8) is 0 Å². The molecule has 2 aromatic rings. The molecule has 0 aromatic heterocycles. The van der Waals surface area contributed by atoms with E-state index in [0.717, 1.165) is 0 Å². The van der Waals surface area contributed by atoms with Crippen LogP contribution < -0.4 is 5.32 Å². The van der Waals surface area contributed by atoms with Crippen LogP contribution in [0.3, 0.4) is 0 Å². The maximum atomic E-state index is 15.6. The second kappa shape index (κ2) is 8.10. The molecule has 152 valence electrons. The quantitative estimate of drug-likeness (QED) is 0.596. The zero-order valence-corrected chi connectivity index (χ0v) is 17.0. The number of rotatable bonds is 5. The first-order chi connectivity index (χ1) is 13.6. The van der Waals surface area contributed by atoms with Crippen LogP contribution in [-0.2, 0) is 9.31 Å². The first-order valence-corrected chi connectivity index (χ1v) is 9.47. The summed E-state index contributed by atoms with van der Waals surface area (Å²) in [4.78, 5) is 12.5. The number of aliphatic hydroxyl groups is 1. The Labute approximate surface area is 170 Å². The number of amides is 1. The maximum Gasteiger partial charge on any atom is 0.525 e. The summed E-state index contributed by atoms with van der Waals surface area (Å²) in [6, 6.07) is 16.9. The standard InChI is InChI=1S/C22H25BFNO4/c1-21(2)22(3,4)29-23(28-21)18(24)17(15-11-7-5-8-12-15)20(27)25-19(26)16-13-9-6-10-14-16/h5-14,20,27H,1-4H3,(H,25,26). The molecule has 2 N–H and O–H groups in total. The number of carbonyl (C=O) groups is 1. The molecule has 2 aromatic carbocycles. The molecule has 0 saturated carbocycles. The van der Waals surface area contributed by atoms with E-state index in [1.165, 1.54) is 0 Å². The van der Waals surface area contributed by atoms with Crippen LogP contribution in [0.15, 0.2) is 66.4 Å². The second-order valence-corrected chi connectivity index (χ2v) is 7.96. The van der Waals surface area contributed by atoms with Crippen molar-refractivity contribution in [3.05, 3.63) is 77.5 Å². The summed E-state index contributed by atoms with van der Waals surface area (Å²) in [5.41, 5.74) is -1.59. The fourth-order valence-electron chi connectivity index (χ4n) is 2.99. The smallest absolute Gasteiger partial charge is 0.398 e. The highest BCUT2D eigenvalue weighted by molar-refractivity contribution is 6.55. The molecule has 0 bridgehead atoms. The van der Waals surface area contributed by atoms with Crippen molar-refractivity contribution in [3.8, 4) is 0 Å². The first kappa shape index (κ1) is 21.2. The highest BCUT2D eigenvalue weighted by atomic mass is 19.1. The number of halogens is 1. The molecule has 0 spiro atoms. The van der Waals surface area contributed by atoms with Gasteiger partial charge < -0.3 is 19.7 Å². The molecule has 1 amide bonds. The van der Waals surface area contributed by atoms with Crippen molar-refractivity contribution in [1.29, 1.82) is 0 Å². The van der Waals surface area contributed by atoms with E-state index < -0.39 is 36.2 Å². The number of carbonyl (C=O) groups excluding carboxylic acids is 1. The maximum absolute atomic E-state index is 15.6. The molecule has 1 unspecified atom stereocenters. The summed E-state index contributed by atoms with van der Waals surface area (Å²) in [5.74, 6) is -0.520. The van der Waals surface area contributed by atoms with Gasteiger partial charge in [0.05, 0.1) is 11.2 Å². The molecule has 3 rings (SSSR count). The molecule has 1 aliphatic rings. The fraction of sp³-hybridized carbons (Fsp3) is 0.318. The molecule has 1 aliphatic heterocycles. The normalized spacial score (nSPS) is 19.4. The van der Waals surface area contributed by atoms with Crippen LogP contribution in [0.25, 0.3) is 5.57 Å². The molecule has 5 nitrogen and oxygen atoms in total. The largest absolute Gasteiger partial charge is 0.525 e. The topological polar surface area (TPSA) is 67.8 Å². The minimum Gasteiger partial charge on any atom is -0.398 e. The minimum atomic E-state index is -1.59. The van der Waals surface area contributed by atoms with E-state index in [-0.39, 0.29) is 5.57 Å². The van der Waals surface area contributed by atoms with E-state index in [2.05, 4.69) is 5.32 Å². The van der Waals surface area contributed by atoms with Crippen LogP contribution in [-0.4, -0.2) is 35.6 Å². The average molecular weight is 397 g/mol. The van der Waals surface area contributed by atoms with Crippen LogP contribution in [0.2, 0.25) is 0 Å². The average Bonchev–Trinajstić information content (AvgIpc) is 2.91. The van der Waals surface area contributed by atoms with Gasteiger partial charge in [0.2, 0.25) is 0 Å². The van der Waals surface area contributed by atoms with E-state index in [0.29, 0.717) is 11.1 Å². The van der Waals surface area contributed by atoms with Crippen molar-refractivity contribution >= 4 is 18.6 Å². The second-order valence-electron chi connectivity index (χ2n) is 7.96. The zero-order valence-electron chi connectivity index (χ0n) is 17.0. The van der Waals surface area contributed by atoms with E-state index >= 15 is 4.39 Å². The van der Waals surface area contributed by atoms with Crippen molar-refractivity contribution in [2.24, 2.45) is 0 Å². The molecule has 29 heavy (non-hydrogen) atoms. The van der Waals surface area contributed by atoms with Gasteiger partial charge in [0.25, 0.3) is 5.91 Å². The van der Waals surface area contributed by atoms with E-state index in [4.69, 9.17) is 9.31 Å². The van der Waals surface area contributed by atoms with Gasteiger partial charge in [0.1, 0.15) is 5.73 Å². The molecule has 1 saturated heterocycles. The summed E-state index contributed by atoms with van der Waals surface area (Å²) in [6.07, 6.45) is -1.59. The SMILES string of the molecule is CC1(C)OB(C(F)=C(c2ccccc2)C(O)NC(=O)c2ccccc2)OC1(C)C. The Hall–Kier alpha value is -2.48. The summed E-state index contributed by atoms with van der Waals surface area (Å²) in [6.45, 7) is 7.26. The van der Waals surface area contributed by atoms with Crippen molar-refractivity contribution in [1.82, 2.24) is 5.32 Å². The highest BCUT2D eigenvalue weighted by Gasteiger charge is 2.54. The molecular formula is C22H25BFNO4. The van der Waals surface area contributed by atoms with E-state index in [9.17, 15) is 9.90 Å². The van der Waals surface area contributed by atoms with Crippen molar-refractivity contribution in [2.45, 2.75) is 45.1 Å². The van der Waals surface area contributed by atoms with Gasteiger partial charge in [0, 0.05) is 11.1 Å². The van der Waals surface area contributed by atoms with Crippen LogP contribution in [0.1, 0.15) is 43.6 Å². The lowest BCUT2D eigenvalue weighted by molar-refractivity contribution is 0.00578. The van der Waals surface area contributed by atoms with E-state index in [1.54, 1.807) is 60.7 Å². The van der Waals surface area contributed by atoms with Gasteiger partial charge in [-0.15, -0.1) is 0 Å². The molecule has 7 heteroatoms. The lowest BCUT2D eigenvalue weighted by Crippen LogP contribution is -2.41. The third-order valence-corrected chi connectivity index (χ3v) is 5.38. The summed E-state index contributed by atoms with van der Waals surface area (Å²) < 4.78 is 27.1. The number of hydrogen-bond acceptors (Lipinski definition) is 4. The van der Waals surface area contributed by atoms with Gasteiger partial charge in [-0.1, -0.05) is 48.5 Å². The molecule has 1 atom stereocenters. The third-order valence-electron chi connectivity index (χ3n) is 5.38. The van der Waals surface area contributed by atoms with Crippen molar-refractivity contribution in [2.75, 3.05) is 0 Å². The predicted molar refractivity (Wildman–Crippen MR) is 110 cm³/mol. The van der Waals surface area contributed by atoms with Crippen LogP contribution in [0.4, 0.5) is 4.39 Å². The molecule has 0 aliphatic carbocycles. The number of nitrogens with one attached hydrogen (secondary N) is 1. The lowest BCUT2D eigenvalue weighted by Gasteiger charge is -2.32. The van der Waals surface area contributed by atoms with Gasteiger partial charge >= 0.3 is 7.12 Å². The van der Waals surface area contributed by atoms with Gasteiger partial charge in [-0.05, 0) is 45.4 Å². The Morgan fingerprint density at radius 2 is 1.38 bits per heavy atom. The molecule has 1 heterocycles. The Balaban J connectivity index is 1.95. The number of benzene rings is 2. The summed E-state index contributed by atoms with van der Waals surface area (Å²) in [5, 5.41) is 13.2. The fourth-order valence-corrected chi connectivity index (χ4v) is 2.99. The third kappa shape index (κ3) is 4.42. The van der Waals surface area contributed by atoms with Crippen LogP contribution in [0, 0.1) is 0 Å². The first-order valence-electron chi connectivity index (χ1n) is 9.47. The number of aliphatic hydroxyl groups excluding tert-OH is 1. The van der Waals surface area contributed by atoms with E-state index in [1.807, 2.05) is 27.7 Å². The van der Waals surface area contributed by atoms with Gasteiger partial charge in [-0.2, -0.15) is 0 Å². The predicted octanol–water partition coefficient (Wildman–Crippen LogP) is 3.75. The van der Waals surface area contributed by atoms with Gasteiger partial charge in [0.15, 0.2) is 6.23 Å². The van der Waals surface area contributed by atoms with Gasteiger partial charge in [-0.3, -0.25) is 4.79 Å². The summed E-state index contributed by atoms with van der Waals surface area (Å²) >= 11 is 0.